The molecule has 0 radical (unpaired) electrons. The Bertz CT molecular complexity index is 931. The van der Waals surface area contributed by atoms with Gasteiger partial charge < -0.3 is 14.2 Å². The Balaban J connectivity index is 1.73. The number of hydrogen-bond donors (Lipinski definition) is 2. The van der Waals surface area contributed by atoms with Gasteiger partial charge in [0.2, 0.25) is 0 Å². The summed E-state index contributed by atoms with van der Waals surface area (Å²) in [5.41, 5.74) is 5.91. The van der Waals surface area contributed by atoms with Crippen LogP contribution in [-0.4, -0.2) is 37.6 Å². The van der Waals surface area contributed by atoms with Gasteiger partial charge in [-0.25, -0.2) is 4.79 Å². The van der Waals surface area contributed by atoms with E-state index in [0.29, 0.717) is 23.7 Å². The van der Waals surface area contributed by atoms with Crippen LogP contribution in [0.2, 0.25) is 0 Å². The van der Waals surface area contributed by atoms with Crippen molar-refractivity contribution in [3.63, 3.8) is 0 Å². The van der Waals surface area contributed by atoms with Crippen molar-refractivity contribution in [1.29, 1.82) is 0 Å². The van der Waals surface area contributed by atoms with Gasteiger partial charge in [0.05, 0.1) is 12.2 Å². The van der Waals surface area contributed by atoms with Crippen molar-refractivity contribution in [2.45, 2.75) is 33.1 Å². The normalized spacial score (nSPS) is 10.4. The second-order valence-electron chi connectivity index (χ2n) is 7.17. The van der Waals surface area contributed by atoms with Crippen molar-refractivity contribution >= 4 is 33.7 Å². The van der Waals surface area contributed by atoms with Gasteiger partial charge in [0.15, 0.2) is 13.2 Å². The number of carbonyl (C=O) groups is 3. The molecule has 0 aliphatic carbocycles. The fourth-order valence-corrected chi connectivity index (χ4v) is 2.95. The molecule has 0 aliphatic rings. The molecule has 0 spiro atoms. The highest BCUT2D eigenvalue weighted by Gasteiger charge is 2.12. The molecule has 0 saturated heterocycles. The minimum absolute atomic E-state index is 0.221. The quantitative estimate of drug-likeness (QED) is 0.375. The number of ether oxygens (including phenoxy) is 3. The van der Waals surface area contributed by atoms with E-state index in [2.05, 4.69) is 26.8 Å². The molecule has 0 fully saturated rings. The average molecular weight is 507 g/mol. The highest BCUT2D eigenvalue weighted by Crippen LogP contribution is 2.29. The van der Waals surface area contributed by atoms with Crippen LogP contribution in [0.4, 0.5) is 0 Å². The number of rotatable bonds is 10. The second-order valence-corrected chi connectivity index (χ2v) is 8.09. The van der Waals surface area contributed by atoms with Gasteiger partial charge in [0.25, 0.3) is 11.8 Å². The highest BCUT2D eigenvalue weighted by atomic mass is 79.9. The first kappa shape index (κ1) is 25.2. The molecule has 32 heavy (non-hydrogen) atoms. The van der Waals surface area contributed by atoms with Gasteiger partial charge in [0.1, 0.15) is 11.5 Å². The van der Waals surface area contributed by atoms with E-state index < -0.39 is 17.8 Å². The molecular weight excluding hydrogens is 480 g/mol. The summed E-state index contributed by atoms with van der Waals surface area (Å²) < 4.78 is 16.9. The molecule has 0 heterocycles. The van der Waals surface area contributed by atoms with E-state index in [-0.39, 0.29) is 19.1 Å². The number of hydrazine groups is 1. The van der Waals surface area contributed by atoms with Crippen molar-refractivity contribution in [3.05, 3.63) is 58.1 Å². The third-order valence-electron chi connectivity index (χ3n) is 4.19. The molecule has 172 valence electrons. The Morgan fingerprint density at radius 3 is 2.16 bits per heavy atom. The molecule has 0 saturated carbocycles. The molecule has 0 atom stereocenters. The van der Waals surface area contributed by atoms with Crippen LogP contribution < -0.4 is 20.3 Å². The van der Waals surface area contributed by atoms with Gasteiger partial charge in [-0.15, -0.1) is 0 Å². The number of amides is 2. The van der Waals surface area contributed by atoms with Crippen LogP contribution in [0.25, 0.3) is 0 Å². The summed E-state index contributed by atoms with van der Waals surface area (Å²) in [4.78, 5) is 35.6. The first-order valence-electron chi connectivity index (χ1n) is 10.2. The first-order valence-corrected chi connectivity index (χ1v) is 11.0. The number of halogens is 1. The molecule has 8 nitrogen and oxygen atoms in total. The Kier molecular flexibility index (Phi) is 10.0. The van der Waals surface area contributed by atoms with Gasteiger partial charge in [-0.3, -0.25) is 20.4 Å². The van der Waals surface area contributed by atoms with E-state index in [4.69, 9.17) is 14.2 Å². The zero-order valence-electron chi connectivity index (χ0n) is 18.3. The predicted molar refractivity (Wildman–Crippen MR) is 123 cm³/mol. The summed E-state index contributed by atoms with van der Waals surface area (Å²) in [6, 6.07) is 11.8. The van der Waals surface area contributed by atoms with Gasteiger partial charge in [-0.2, -0.15) is 0 Å². The van der Waals surface area contributed by atoms with E-state index in [1.54, 1.807) is 30.3 Å². The monoisotopic (exact) mass is 506 g/mol. The van der Waals surface area contributed by atoms with Crippen LogP contribution in [0, 0.1) is 0 Å². The number of hydrogen-bond acceptors (Lipinski definition) is 6. The standard InChI is InChI=1S/C23H27BrN2O6/c1-4-11-30-23(29)16-5-8-18(9-6-16)31-13-21(27)25-26-22(28)14-32-20-10-7-17(24)12-19(20)15(2)3/h5-10,12,15H,4,11,13-14H2,1-3H3,(H,25,27)(H,26,28). The minimum Gasteiger partial charge on any atom is -0.484 e. The SMILES string of the molecule is CCCOC(=O)c1ccc(OCC(=O)NNC(=O)COc2ccc(Br)cc2C(C)C)cc1. The number of carbonyl (C=O) groups excluding carboxylic acids is 3. The van der Waals surface area contributed by atoms with Crippen LogP contribution in [-0.2, 0) is 14.3 Å². The molecule has 2 amide bonds. The lowest BCUT2D eigenvalue weighted by Gasteiger charge is -2.14. The number of benzene rings is 2. The third-order valence-corrected chi connectivity index (χ3v) is 4.68. The summed E-state index contributed by atoms with van der Waals surface area (Å²) in [6.07, 6.45) is 0.744. The van der Waals surface area contributed by atoms with Gasteiger partial charge >= 0.3 is 5.97 Å². The van der Waals surface area contributed by atoms with E-state index in [9.17, 15) is 14.4 Å². The van der Waals surface area contributed by atoms with Crippen molar-refractivity contribution in [2.24, 2.45) is 0 Å². The average Bonchev–Trinajstić information content (AvgIpc) is 2.79. The maximum atomic E-state index is 12.0. The summed E-state index contributed by atoms with van der Waals surface area (Å²) in [5.74, 6) is -0.237. The van der Waals surface area contributed by atoms with Crippen LogP contribution >= 0.6 is 15.9 Å². The second kappa shape index (κ2) is 12.7. The van der Waals surface area contributed by atoms with E-state index in [0.717, 1.165) is 16.5 Å². The number of esters is 1. The largest absolute Gasteiger partial charge is 0.484 e. The maximum absolute atomic E-state index is 12.0. The summed E-state index contributed by atoms with van der Waals surface area (Å²) in [7, 11) is 0. The molecule has 2 N–H and O–H groups in total. The fourth-order valence-electron chi connectivity index (χ4n) is 2.57. The molecule has 0 aliphatic heterocycles. The van der Waals surface area contributed by atoms with Crippen LogP contribution in [0.1, 0.15) is 49.0 Å². The Morgan fingerprint density at radius 1 is 0.938 bits per heavy atom. The molecule has 2 aromatic rings. The summed E-state index contributed by atoms with van der Waals surface area (Å²) in [5, 5.41) is 0. The fraction of sp³-hybridized carbons (Fsp3) is 0.348. The van der Waals surface area contributed by atoms with Crippen LogP contribution in [0.5, 0.6) is 11.5 Å². The van der Waals surface area contributed by atoms with E-state index in [1.807, 2.05) is 32.9 Å². The lowest BCUT2D eigenvalue weighted by molar-refractivity contribution is -0.131. The zero-order valence-corrected chi connectivity index (χ0v) is 19.9. The van der Waals surface area contributed by atoms with Crippen LogP contribution in [0.3, 0.4) is 0 Å². The van der Waals surface area contributed by atoms with Gasteiger partial charge in [-0.1, -0.05) is 36.7 Å². The Labute approximate surface area is 195 Å². The Hall–Kier alpha value is -3.07. The Morgan fingerprint density at radius 2 is 1.56 bits per heavy atom. The minimum atomic E-state index is -0.545. The highest BCUT2D eigenvalue weighted by molar-refractivity contribution is 9.10. The van der Waals surface area contributed by atoms with Crippen molar-refractivity contribution < 1.29 is 28.6 Å². The molecule has 0 bridgehead atoms. The summed E-state index contributed by atoms with van der Waals surface area (Å²) >= 11 is 3.42. The van der Waals surface area contributed by atoms with E-state index in [1.165, 1.54) is 0 Å². The maximum Gasteiger partial charge on any atom is 0.338 e. The topological polar surface area (TPSA) is 103 Å². The van der Waals surface area contributed by atoms with Crippen LogP contribution in [0.15, 0.2) is 46.9 Å². The third kappa shape index (κ3) is 8.22. The molecule has 0 unspecified atom stereocenters. The van der Waals surface area contributed by atoms with Crippen molar-refractivity contribution in [3.8, 4) is 11.5 Å². The molecule has 2 rings (SSSR count). The molecular formula is C23H27BrN2O6. The molecule has 9 heteroatoms. The smallest absolute Gasteiger partial charge is 0.338 e. The zero-order chi connectivity index (χ0) is 23.5. The number of nitrogens with one attached hydrogen (secondary N) is 2. The lowest BCUT2D eigenvalue weighted by Crippen LogP contribution is -2.45. The van der Waals surface area contributed by atoms with Gasteiger partial charge in [0, 0.05) is 4.47 Å². The summed E-state index contributed by atoms with van der Waals surface area (Å²) in [6.45, 7) is 5.76. The van der Waals surface area contributed by atoms with Gasteiger partial charge in [-0.05, 0) is 60.4 Å². The molecule has 2 aromatic carbocycles. The van der Waals surface area contributed by atoms with E-state index >= 15 is 0 Å². The molecule has 0 aromatic heterocycles. The first-order chi connectivity index (χ1) is 15.3. The van der Waals surface area contributed by atoms with Crippen molar-refractivity contribution in [1.82, 2.24) is 10.9 Å². The van der Waals surface area contributed by atoms with Crippen molar-refractivity contribution in [2.75, 3.05) is 19.8 Å². The lowest BCUT2D eigenvalue weighted by atomic mass is 10.0. The predicted octanol–water partition coefficient (Wildman–Crippen LogP) is 3.74.